The van der Waals surface area contributed by atoms with Crippen molar-refractivity contribution in [2.45, 2.75) is 6.10 Å². The number of nitrogens with one attached hydrogen (secondary N) is 1. The van der Waals surface area contributed by atoms with Crippen molar-refractivity contribution in [2.75, 3.05) is 26.1 Å². The zero-order valence-electron chi connectivity index (χ0n) is 12.8. The topological polar surface area (TPSA) is 74.5 Å². The number of rotatable bonds is 6. The highest BCUT2D eigenvalue weighted by molar-refractivity contribution is 5.57. The number of methoxy groups -OCH3 is 2. The Morgan fingerprint density at radius 2 is 2.00 bits per heavy atom. The third-order valence-corrected chi connectivity index (χ3v) is 3.38. The van der Waals surface area contributed by atoms with Gasteiger partial charge in [-0.3, -0.25) is 0 Å². The van der Waals surface area contributed by atoms with Crippen LogP contribution < -0.4 is 14.8 Å². The monoisotopic (exact) mass is 316 g/mol. The molecule has 0 spiro atoms. The molecule has 1 unspecified atom stereocenters. The normalized spacial score (nSPS) is 11.4. The van der Waals surface area contributed by atoms with Gasteiger partial charge in [0.25, 0.3) is 0 Å². The second-order valence-corrected chi connectivity index (χ2v) is 4.81. The number of nitrogens with zero attached hydrogens (tertiary/aromatic N) is 1. The number of anilines is 1. The standard InChI is InChI=1S/C17H17FN2O3/c1-22-13-4-6-17(23-2)14(8-13)16(21)10-20-15-5-3-12(18)7-11(15)9-19/h3-8,16,20-21H,10H2,1-2H3. The molecule has 0 aliphatic heterocycles. The van der Waals surface area contributed by atoms with Crippen molar-refractivity contribution in [3.63, 3.8) is 0 Å². The van der Waals surface area contributed by atoms with Gasteiger partial charge in [-0.2, -0.15) is 5.26 Å². The highest BCUT2D eigenvalue weighted by Crippen LogP contribution is 2.29. The molecule has 23 heavy (non-hydrogen) atoms. The van der Waals surface area contributed by atoms with E-state index in [9.17, 15) is 9.50 Å². The zero-order chi connectivity index (χ0) is 16.8. The number of ether oxygens (including phenoxy) is 2. The van der Waals surface area contributed by atoms with Gasteiger partial charge in [0, 0.05) is 12.1 Å². The fraction of sp³-hybridized carbons (Fsp3) is 0.235. The van der Waals surface area contributed by atoms with Crippen LogP contribution in [0.2, 0.25) is 0 Å². The van der Waals surface area contributed by atoms with Gasteiger partial charge in [0.15, 0.2) is 0 Å². The summed E-state index contributed by atoms with van der Waals surface area (Å²) in [6, 6.07) is 10.9. The first kappa shape index (κ1) is 16.6. The molecule has 0 fully saturated rings. The van der Waals surface area contributed by atoms with E-state index in [-0.39, 0.29) is 12.1 Å². The van der Waals surface area contributed by atoms with E-state index in [1.165, 1.54) is 26.4 Å². The van der Waals surface area contributed by atoms with Crippen LogP contribution >= 0.6 is 0 Å². The maximum absolute atomic E-state index is 13.1. The summed E-state index contributed by atoms with van der Waals surface area (Å²) < 4.78 is 23.5. The zero-order valence-corrected chi connectivity index (χ0v) is 12.8. The summed E-state index contributed by atoms with van der Waals surface area (Å²) in [6.07, 6.45) is -0.892. The molecule has 2 aromatic carbocycles. The van der Waals surface area contributed by atoms with E-state index in [2.05, 4.69) is 5.32 Å². The van der Waals surface area contributed by atoms with Crippen molar-refractivity contribution in [2.24, 2.45) is 0 Å². The molecule has 0 bridgehead atoms. The number of benzene rings is 2. The van der Waals surface area contributed by atoms with Gasteiger partial charge >= 0.3 is 0 Å². The van der Waals surface area contributed by atoms with Crippen LogP contribution in [0.15, 0.2) is 36.4 Å². The molecular formula is C17H17FN2O3. The Morgan fingerprint density at radius 3 is 2.65 bits per heavy atom. The Bertz CT molecular complexity index is 728. The Balaban J connectivity index is 2.17. The molecule has 0 heterocycles. The van der Waals surface area contributed by atoms with Crippen molar-refractivity contribution in [1.29, 1.82) is 5.26 Å². The summed E-state index contributed by atoms with van der Waals surface area (Å²) in [7, 11) is 3.05. The van der Waals surface area contributed by atoms with Crippen LogP contribution in [0, 0.1) is 17.1 Å². The van der Waals surface area contributed by atoms with Gasteiger partial charge < -0.3 is 19.9 Å². The Kier molecular flexibility index (Phi) is 5.39. The summed E-state index contributed by atoms with van der Waals surface area (Å²) in [4.78, 5) is 0. The summed E-state index contributed by atoms with van der Waals surface area (Å²) in [5, 5.41) is 22.3. The first-order valence-electron chi connectivity index (χ1n) is 6.92. The lowest BCUT2D eigenvalue weighted by atomic mass is 10.1. The van der Waals surface area contributed by atoms with Crippen molar-refractivity contribution in [1.82, 2.24) is 0 Å². The maximum Gasteiger partial charge on any atom is 0.124 e. The molecule has 0 aliphatic rings. The Hall–Kier alpha value is -2.78. The van der Waals surface area contributed by atoms with E-state index in [4.69, 9.17) is 14.7 Å². The molecule has 120 valence electrons. The molecule has 6 heteroatoms. The van der Waals surface area contributed by atoms with Crippen molar-refractivity contribution in [3.8, 4) is 17.6 Å². The Morgan fingerprint density at radius 1 is 1.22 bits per heavy atom. The van der Waals surface area contributed by atoms with Gasteiger partial charge in [0.2, 0.25) is 0 Å². The predicted octanol–water partition coefficient (Wildman–Crippen LogP) is 2.86. The molecule has 0 amide bonds. The summed E-state index contributed by atoms with van der Waals surface area (Å²) >= 11 is 0. The van der Waals surface area contributed by atoms with E-state index >= 15 is 0 Å². The third-order valence-electron chi connectivity index (χ3n) is 3.38. The second-order valence-electron chi connectivity index (χ2n) is 4.81. The van der Waals surface area contributed by atoms with Crippen LogP contribution in [-0.4, -0.2) is 25.9 Å². The number of hydrogen-bond donors (Lipinski definition) is 2. The molecule has 1 atom stereocenters. The van der Waals surface area contributed by atoms with Gasteiger partial charge in [-0.05, 0) is 36.4 Å². The lowest BCUT2D eigenvalue weighted by Gasteiger charge is -2.17. The van der Waals surface area contributed by atoms with E-state index < -0.39 is 11.9 Å². The van der Waals surface area contributed by atoms with Gasteiger partial charge in [0.1, 0.15) is 23.4 Å². The van der Waals surface area contributed by atoms with Crippen LogP contribution in [0.3, 0.4) is 0 Å². The number of aliphatic hydroxyl groups excluding tert-OH is 1. The molecule has 2 rings (SSSR count). The minimum atomic E-state index is -0.892. The average molecular weight is 316 g/mol. The molecule has 2 aromatic rings. The molecular weight excluding hydrogens is 299 g/mol. The van der Waals surface area contributed by atoms with Crippen molar-refractivity contribution < 1.29 is 19.0 Å². The van der Waals surface area contributed by atoms with Crippen molar-refractivity contribution >= 4 is 5.69 Å². The lowest BCUT2D eigenvalue weighted by molar-refractivity contribution is 0.186. The van der Waals surface area contributed by atoms with E-state index in [0.717, 1.165) is 6.07 Å². The van der Waals surface area contributed by atoms with Crippen LogP contribution in [0.4, 0.5) is 10.1 Å². The first-order chi connectivity index (χ1) is 11.1. The molecule has 0 aromatic heterocycles. The average Bonchev–Trinajstić information content (AvgIpc) is 2.59. The fourth-order valence-electron chi connectivity index (χ4n) is 2.18. The van der Waals surface area contributed by atoms with Gasteiger partial charge in [-0.1, -0.05) is 0 Å². The summed E-state index contributed by atoms with van der Waals surface area (Å²) in [6.45, 7) is 0.129. The van der Waals surface area contributed by atoms with E-state index in [0.29, 0.717) is 22.7 Å². The molecule has 0 radical (unpaired) electrons. The number of halogens is 1. The molecule has 0 aliphatic carbocycles. The minimum Gasteiger partial charge on any atom is -0.497 e. The van der Waals surface area contributed by atoms with E-state index in [1.807, 2.05) is 6.07 Å². The van der Waals surface area contributed by atoms with Crippen LogP contribution in [-0.2, 0) is 0 Å². The SMILES string of the molecule is COc1ccc(OC)c(C(O)CNc2ccc(F)cc2C#N)c1. The maximum atomic E-state index is 13.1. The van der Waals surface area contributed by atoms with Gasteiger partial charge in [-0.15, -0.1) is 0 Å². The van der Waals surface area contributed by atoms with E-state index in [1.54, 1.807) is 18.2 Å². The number of hydrogen-bond acceptors (Lipinski definition) is 5. The van der Waals surface area contributed by atoms with Gasteiger partial charge in [-0.25, -0.2) is 4.39 Å². The van der Waals surface area contributed by atoms with Crippen LogP contribution in [0.5, 0.6) is 11.5 Å². The number of aliphatic hydroxyl groups is 1. The third kappa shape index (κ3) is 3.90. The van der Waals surface area contributed by atoms with Crippen LogP contribution in [0.25, 0.3) is 0 Å². The van der Waals surface area contributed by atoms with Crippen LogP contribution in [0.1, 0.15) is 17.2 Å². The predicted molar refractivity (Wildman–Crippen MR) is 84.1 cm³/mol. The van der Waals surface area contributed by atoms with Gasteiger partial charge in [0.05, 0.1) is 31.6 Å². The quantitative estimate of drug-likeness (QED) is 0.857. The highest BCUT2D eigenvalue weighted by Gasteiger charge is 2.15. The molecule has 0 saturated carbocycles. The Labute approximate surface area is 133 Å². The second kappa shape index (κ2) is 7.47. The van der Waals surface area contributed by atoms with Crippen molar-refractivity contribution in [3.05, 3.63) is 53.3 Å². The fourth-order valence-corrected chi connectivity index (χ4v) is 2.18. The molecule has 2 N–H and O–H groups in total. The largest absolute Gasteiger partial charge is 0.497 e. The number of nitriles is 1. The molecule has 0 saturated heterocycles. The first-order valence-corrected chi connectivity index (χ1v) is 6.92. The molecule has 5 nitrogen and oxygen atoms in total. The smallest absolute Gasteiger partial charge is 0.124 e. The highest BCUT2D eigenvalue weighted by atomic mass is 19.1. The summed E-state index contributed by atoms with van der Waals surface area (Å²) in [5.74, 6) is 0.640. The summed E-state index contributed by atoms with van der Waals surface area (Å²) in [5.41, 5.74) is 1.18. The minimum absolute atomic E-state index is 0.129. The lowest BCUT2D eigenvalue weighted by Crippen LogP contribution is -2.14.